The Labute approximate surface area is 133 Å². The summed E-state index contributed by atoms with van der Waals surface area (Å²) in [6.07, 6.45) is 11.6. The van der Waals surface area contributed by atoms with Gasteiger partial charge in [-0.15, -0.1) is 0 Å². The molecule has 0 unspecified atom stereocenters. The van der Waals surface area contributed by atoms with Crippen LogP contribution < -0.4 is 11.1 Å². The second kappa shape index (κ2) is 8.18. The second-order valence-corrected chi connectivity index (χ2v) is 4.39. The number of amides is 1. The van der Waals surface area contributed by atoms with Gasteiger partial charge in [0.15, 0.2) is 11.5 Å². The van der Waals surface area contributed by atoms with Gasteiger partial charge in [-0.1, -0.05) is 12.2 Å². The van der Waals surface area contributed by atoms with Crippen molar-refractivity contribution in [3.8, 4) is 11.3 Å². The van der Waals surface area contributed by atoms with Crippen LogP contribution in [0.5, 0.6) is 0 Å². The number of aliphatic imine (C=N–C) groups is 1. The molecular weight excluding hydrogens is 292 g/mol. The van der Waals surface area contributed by atoms with Crippen molar-refractivity contribution < 1.29 is 4.79 Å². The maximum Gasteiger partial charge on any atom is 0.273 e. The SMILES string of the molecule is C=N/C=C\C=C/CNC(=O)c1nc(-c2cccnc2)cnc1N. The van der Waals surface area contributed by atoms with Crippen LogP contribution in [0.15, 0.2) is 60.1 Å². The van der Waals surface area contributed by atoms with Gasteiger partial charge in [0.2, 0.25) is 0 Å². The lowest BCUT2D eigenvalue weighted by Crippen LogP contribution is -2.26. The van der Waals surface area contributed by atoms with Gasteiger partial charge in [0.25, 0.3) is 5.91 Å². The molecule has 3 N–H and O–H groups in total. The van der Waals surface area contributed by atoms with Crippen molar-refractivity contribution in [1.82, 2.24) is 20.3 Å². The van der Waals surface area contributed by atoms with Crippen LogP contribution in [-0.2, 0) is 0 Å². The fourth-order valence-corrected chi connectivity index (χ4v) is 1.71. The highest BCUT2D eigenvalue weighted by Crippen LogP contribution is 2.16. The molecule has 0 bridgehead atoms. The van der Waals surface area contributed by atoms with Gasteiger partial charge in [0.05, 0.1) is 11.9 Å². The topological polar surface area (TPSA) is 106 Å². The van der Waals surface area contributed by atoms with Crippen LogP contribution in [0.25, 0.3) is 11.3 Å². The molecule has 2 aromatic rings. The lowest BCUT2D eigenvalue weighted by Gasteiger charge is -2.06. The highest BCUT2D eigenvalue weighted by Gasteiger charge is 2.13. The molecule has 0 aliphatic carbocycles. The summed E-state index contributed by atoms with van der Waals surface area (Å²) in [5.41, 5.74) is 7.12. The number of nitrogens with one attached hydrogen (secondary N) is 1. The van der Waals surface area contributed by atoms with Crippen molar-refractivity contribution in [3.63, 3.8) is 0 Å². The quantitative estimate of drug-likeness (QED) is 0.623. The summed E-state index contributed by atoms with van der Waals surface area (Å²) in [4.78, 5) is 28.0. The van der Waals surface area contributed by atoms with E-state index in [-0.39, 0.29) is 11.5 Å². The zero-order chi connectivity index (χ0) is 16.5. The first-order valence-corrected chi connectivity index (χ1v) is 6.81. The van der Waals surface area contributed by atoms with Crippen molar-refractivity contribution in [3.05, 3.63) is 60.8 Å². The molecular formula is C16H16N6O. The van der Waals surface area contributed by atoms with E-state index in [1.807, 2.05) is 6.07 Å². The number of carbonyl (C=O) groups is 1. The summed E-state index contributed by atoms with van der Waals surface area (Å²) >= 11 is 0. The maximum absolute atomic E-state index is 12.1. The lowest BCUT2D eigenvalue weighted by molar-refractivity contribution is 0.0954. The Morgan fingerprint density at radius 1 is 1.39 bits per heavy atom. The number of anilines is 1. The average molecular weight is 308 g/mol. The summed E-state index contributed by atoms with van der Waals surface area (Å²) in [6, 6.07) is 3.61. The number of carbonyl (C=O) groups excluding carboxylic acids is 1. The molecule has 0 atom stereocenters. The Kier molecular flexibility index (Phi) is 5.70. The Bertz CT molecular complexity index is 739. The minimum atomic E-state index is -0.392. The van der Waals surface area contributed by atoms with Gasteiger partial charge >= 0.3 is 0 Å². The summed E-state index contributed by atoms with van der Waals surface area (Å²) < 4.78 is 0. The normalized spacial score (nSPS) is 11.0. The van der Waals surface area contributed by atoms with Crippen LogP contribution in [0, 0.1) is 0 Å². The van der Waals surface area contributed by atoms with E-state index in [1.165, 1.54) is 6.20 Å². The Morgan fingerprint density at radius 2 is 2.26 bits per heavy atom. The molecule has 2 rings (SSSR count). The first-order chi connectivity index (χ1) is 11.2. The fourth-order valence-electron chi connectivity index (χ4n) is 1.71. The molecule has 0 aromatic carbocycles. The Hall–Kier alpha value is -3.35. The predicted octanol–water partition coefficient (Wildman–Crippen LogP) is 1.62. The molecule has 0 radical (unpaired) electrons. The zero-order valence-corrected chi connectivity index (χ0v) is 12.4. The monoisotopic (exact) mass is 308 g/mol. The fraction of sp³-hybridized carbons (Fsp3) is 0.0625. The Balaban J connectivity index is 2.09. The molecule has 0 spiro atoms. The van der Waals surface area contributed by atoms with Crippen molar-refractivity contribution >= 4 is 18.4 Å². The van der Waals surface area contributed by atoms with Gasteiger partial charge in [-0.3, -0.25) is 14.8 Å². The van der Waals surface area contributed by atoms with E-state index >= 15 is 0 Å². The first kappa shape index (κ1) is 16.0. The van der Waals surface area contributed by atoms with Gasteiger partial charge in [-0.2, -0.15) is 0 Å². The number of nitrogens with zero attached hydrogens (tertiary/aromatic N) is 4. The van der Waals surface area contributed by atoms with Crippen LogP contribution in [0.3, 0.4) is 0 Å². The van der Waals surface area contributed by atoms with E-state index < -0.39 is 5.91 Å². The molecule has 0 saturated carbocycles. The Morgan fingerprint density at radius 3 is 3.00 bits per heavy atom. The van der Waals surface area contributed by atoms with Crippen molar-refractivity contribution in [1.29, 1.82) is 0 Å². The summed E-state index contributed by atoms with van der Waals surface area (Å²) in [5, 5.41) is 2.69. The molecule has 0 aliphatic rings. The van der Waals surface area contributed by atoms with E-state index in [4.69, 9.17) is 5.73 Å². The van der Waals surface area contributed by atoms with Crippen molar-refractivity contribution in [2.24, 2.45) is 4.99 Å². The average Bonchev–Trinajstić information content (AvgIpc) is 2.59. The number of allylic oxidation sites excluding steroid dienone is 2. The van der Waals surface area contributed by atoms with Crippen molar-refractivity contribution in [2.45, 2.75) is 0 Å². The largest absolute Gasteiger partial charge is 0.382 e. The molecule has 1 amide bonds. The lowest BCUT2D eigenvalue weighted by atomic mass is 10.2. The zero-order valence-electron chi connectivity index (χ0n) is 12.4. The second-order valence-electron chi connectivity index (χ2n) is 4.39. The van der Waals surface area contributed by atoms with E-state index in [0.717, 1.165) is 5.56 Å². The van der Waals surface area contributed by atoms with Gasteiger partial charge in [0, 0.05) is 30.7 Å². The molecule has 2 heterocycles. The van der Waals surface area contributed by atoms with E-state index in [0.29, 0.717) is 12.2 Å². The van der Waals surface area contributed by atoms with E-state index in [9.17, 15) is 4.79 Å². The standard InChI is InChI=1S/C16H16N6O/c1-18-7-3-2-4-9-20-16(23)14-15(17)21-11-13(22-14)12-6-5-8-19-10-12/h2-8,10-11H,1,9H2,(H2,17,21)(H,20,23)/b4-2-,7-3-. The van der Waals surface area contributed by atoms with Crippen molar-refractivity contribution in [2.75, 3.05) is 12.3 Å². The molecule has 0 saturated heterocycles. The highest BCUT2D eigenvalue weighted by molar-refractivity contribution is 5.96. The minimum Gasteiger partial charge on any atom is -0.382 e. The molecule has 2 aromatic heterocycles. The van der Waals surface area contributed by atoms with Crippen LogP contribution >= 0.6 is 0 Å². The summed E-state index contributed by atoms with van der Waals surface area (Å²) in [5.74, 6) is -0.314. The van der Waals surface area contributed by atoms with Gasteiger partial charge in [0.1, 0.15) is 0 Å². The van der Waals surface area contributed by atoms with Gasteiger partial charge in [-0.25, -0.2) is 9.97 Å². The third-order valence-electron chi connectivity index (χ3n) is 2.79. The molecule has 7 nitrogen and oxygen atoms in total. The molecule has 23 heavy (non-hydrogen) atoms. The van der Waals surface area contributed by atoms with Gasteiger partial charge < -0.3 is 11.1 Å². The van der Waals surface area contributed by atoms with Crippen LogP contribution in [0.2, 0.25) is 0 Å². The number of aromatic nitrogens is 3. The number of hydrogen-bond acceptors (Lipinski definition) is 6. The van der Waals surface area contributed by atoms with Gasteiger partial charge in [-0.05, 0) is 24.9 Å². The van der Waals surface area contributed by atoms with Crippen LogP contribution in [-0.4, -0.2) is 34.1 Å². The van der Waals surface area contributed by atoms with E-state index in [2.05, 4.69) is 32.0 Å². The first-order valence-electron chi connectivity index (χ1n) is 6.81. The van der Waals surface area contributed by atoms with Crippen LogP contribution in [0.1, 0.15) is 10.5 Å². The summed E-state index contributed by atoms with van der Waals surface area (Å²) in [7, 11) is 0. The summed E-state index contributed by atoms with van der Waals surface area (Å²) in [6.45, 7) is 3.65. The number of hydrogen-bond donors (Lipinski definition) is 2. The predicted molar refractivity (Wildman–Crippen MR) is 89.8 cm³/mol. The number of nitrogens with two attached hydrogens (primary N) is 1. The minimum absolute atomic E-state index is 0.0786. The highest BCUT2D eigenvalue weighted by atomic mass is 16.1. The third-order valence-corrected chi connectivity index (χ3v) is 2.79. The van der Waals surface area contributed by atoms with E-state index in [1.54, 1.807) is 42.9 Å². The molecule has 0 aliphatic heterocycles. The smallest absolute Gasteiger partial charge is 0.273 e. The molecule has 7 heteroatoms. The number of nitrogen functional groups attached to an aromatic ring is 1. The number of rotatable bonds is 6. The number of pyridine rings is 1. The van der Waals surface area contributed by atoms with Crippen LogP contribution in [0.4, 0.5) is 5.82 Å². The third kappa shape index (κ3) is 4.57. The molecule has 0 fully saturated rings. The maximum atomic E-state index is 12.1. The molecule has 116 valence electrons.